The van der Waals surface area contributed by atoms with E-state index in [1.165, 1.54) is 10.9 Å². The minimum atomic E-state index is 0.0572. The Balaban J connectivity index is 1.26. The summed E-state index contributed by atoms with van der Waals surface area (Å²) in [5.41, 5.74) is 2.21. The summed E-state index contributed by atoms with van der Waals surface area (Å²) in [5, 5.41) is 5.37. The van der Waals surface area contributed by atoms with Crippen LogP contribution in [0.2, 0.25) is 0 Å². The van der Waals surface area contributed by atoms with Crippen LogP contribution in [0.1, 0.15) is 5.56 Å². The van der Waals surface area contributed by atoms with Gasteiger partial charge in [0.25, 0.3) is 0 Å². The van der Waals surface area contributed by atoms with Crippen molar-refractivity contribution in [2.24, 2.45) is 0 Å². The third-order valence-corrected chi connectivity index (χ3v) is 5.11. The summed E-state index contributed by atoms with van der Waals surface area (Å²) in [5.74, 6) is 0.0572. The number of anilines is 1. The van der Waals surface area contributed by atoms with E-state index in [0.29, 0.717) is 6.54 Å². The van der Waals surface area contributed by atoms with Crippen molar-refractivity contribution in [3.8, 4) is 0 Å². The van der Waals surface area contributed by atoms with E-state index in [-0.39, 0.29) is 5.91 Å². The molecule has 0 bridgehead atoms. The largest absolute Gasteiger partial charge is 0.325 e. The van der Waals surface area contributed by atoms with E-state index in [4.69, 9.17) is 0 Å². The van der Waals surface area contributed by atoms with Crippen LogP contribution in [-0.2, 0) is 11.3 Å². The number of nitrogens with zero attached hydrogens (tertiary/aromatic N) is 2. The van der Waals surface area contributed by atoms with Gasteiger partial charge >= 0.3 is 0 Å². The molecule has 1 saturated heterocycles. The predicted octanol–water partition coefficient (Wildman–Crippen LogP) is 3.60. The van der Waals surface area contributed by atoms with Gasteiger partial charge in [-0.2, -0.15) is 0 Å². The highest BCUT2D eigenvalue weighted by Gasteiger charge is 2.19. The van der Waals surface area contributed by atoms with Crippen molar-refractivity contribution in [3.63, 3.8) is 0 Å². The van der Waals surface area contributed by atoms with Crippen LogP contribution in [0.25, 0.3) is 10.8 Å². The first-order valence-corrected chi connectivity index (χ1v) is 9.53. The Bertz CT molecular complexity index is 902. The van der Waals surface area contributed by atoms with Gasteiger partial charge in [0.15, 0.2) is 0 Å². The second-order valence-electron chi connectivity index (χ2n) is 7.15. The normalized spacial score (nSPS) is 15.7. The Labute approximate surface area is 160 Å². The standard InChI is InChI=1S/C23H25N3O/c27-23(24-22-11-10-20-8-4-5-9-21(20)16-22)18-26-14-12-25(13-15-26)17-19-6-2-1-3-7-19/h1-11,16H,12-15,17-18H2,(H,24,27). The molecule has 4 heteroatoms. The van der Waals surface area contributed by atoms with Crippen LogP contribution in [0.4, 0.5) is 5.69 Å². The molecule has 0 radical (unpaired) electrons. The van der Waals surface area contributed by atoms with Crippen molar-refractivity contribution in [1.82, 2.24) is 9.80 Å². The van der Waals surface area contributed by atoms with Gasteiger partial charge in [0, 0.05) is 38.4 Å². The van der Waals surface area contributed by atoms with Gasteiger partial charge in [0.05, 0.1) is 6.54 Å². The fraction of sp³-hybridized carbons (Fsp3) is 0.261. The average molecular weight is 359 g/mol. The number of fused-ring (bicyclic) bond motifs is 1. The predicted molar refractivity (Wildman–Crippen MR) is 111 cm³/mol. The molecule has 1 aliphatic heterocycles. The van der Waals surface area contributed by atoms with Gasteiger partial charge in [0.2, 0.25) is 5.91 Å². The number of amides is 1. The van der Waals surface area contributed by atoms with E-state index in [1.807, 2.05) is 30.3 Å². The first-order chi connectivity index (χ1) is 13.3. The maximum Gasteiger partial charge on any atom is 0.238 e. The van der Waals surface area contributed by atoms with Crippen LogP contribution in [0, 0.1) is 0 Å². The third-order valence-electron chi connectivity index (χ3n) is 5.11. The zero-order valence-corrected chi connectivity index (χ0v) is 15.5. The van der Waals surface area contributed by atoms with Crippen molar-refractivity contribution in [2.75, 3.05) is 38.0 Å². The molecule has 3 aromatic carbocycles. The van der Waals surface area contributed by atoms with Crippen LogP contribution in [0.15, 0.2) is 72.8 Å². The summed E-state index contributed by atoms with van der Waals surface area (Å²) in [6.45, 7) is 5.29. The molecule has 0 saturated carbocycles. The van der Waals surface area contributed by atoms with Crippen molar-refractivity contribution in [2.45, 2.75) is 6.54 Å². The first kappa shape index (κ1) is 17.7. The minimum Gasteiger partial charge on any atom is -0.325 e. The first-order valence-electron chi connectivity index (χ1n) is 9.53. The molecule has 0 spiro atoms. The summed E-state index contributed by atoms with van der Waals surface area (Å²) >= 11 is 0. The van der Waals surface area contributed by atoms with Crippen molar-refractivity contribution in [3.05, 3.63) is 78.4 Å². The van der Waals surface area contributed by atoms with Gasteiger partial charge in [-0.25, -0.2) is 0 Å². The van der Waals surface area contributed by atoms with Crippen molar-refractivity contribution in [1.29, 1.82) is 0 Å². The molecule has 1 heterocycles. The Hall–Kier alpha value is -2.69. The Kier molecular flexibility index (Phi) is 5.47. The lowest BCUT2D eigenvalue weighted by Gasteiger charge is -2.34. The van der Waals surface area contributed by atoms with Gasteiger partial charge < -0.3 is 5.32 Å². The van der Waals surface area contributed by atoms with Gasteiger partial charge in [-0.05, 0) is 28.5 Å². The SMILES string of the molecule is O=C(CN1CCN(Cc2ccccc2)CC1)Nc1ccc2ccccc2c1. The molecule has 1 amide bonds. The van der Waals surface area contributed by atoms with Crippen molar-refractivity contribution >= 4 is 22.4 Å². The van der Waals surface area contributed by atoms with E-state index in [2.05, 4.69) is 57.6 Å². The lowest BCUT2D eigenvalue weighted by molar-refractivity contribution is -0.117. The van der Waals surface area contributed by atoms with Crippen LogP contribution in [0.3, 0.4) is 0 Å². The fourth-order valence-corrected chi connectivity index (χ4v) is 3.62. The molecule has 27 heavy (non-hydrogen) atoms. The average Bonchev–Trinajstić information content (AvgIpc) is 2.70. The smallest absolute Gasteiger partial charge is 0.238 e. The molecule has 4 rings (SSSR count). The maximum absolute atomic E-state index is 12.4. The number of rotatable bonds is 5. The summed E-state index contributed by atoms with van der Waals surface area (Å²) in [6.07, 6.45) is 0. The molecular weight excluding hydrogens is 334 g/mol. The van der Waals surface area contributed by atoms with E-state index >= 15 is 0 Å². The van der Waals surface area contributed by atoms with Crippen LogP contribution < -0.4 is 5.32 Å². The van der Waals surface area contributed by atoms with Gasteiger partial charge in [0.1, 0.15) is 0 Å². The van der Waals surface area contributed by atoms with E-state index in [1.54, 1.807) is 0 Å². The third kappa shape index (κ3) is 4.73. The highest BCUT2D eigenvalue weighted by molar-refractivity contribution is 5.95. The number of hydrogen-bond donors (Lipinski definition) is 1. The minimum absolute atomic E-state index is 0.0572. The lowest BCUT2D eigenvalue weighted by Crippen LogP contribution is -2.48. The summed E-state index contributed by atoms with van der Waals surface area (Å²) in [7, 11) is 0. The molecule has 0 unspecified atom stereocenters. The van der Waals surface area contributed by atoms with Crippen LogP contribution >= 0.6 is 0 Å². The Morgan fingerprint density at radius 1 is 0.778 bits per heavy atom. The topological polar surface area (TPSA) is 35.6 Å². The van der Waals surface area contributed by atoms with Gasteiger partial charge in [-0.15, -0.1) is 0 Å². The number of benzene rings is 3. The number of nitrogens with one attached hydrogen (secondary N) is 1. The molecule has 4 nitrogen and oxygen atoms in total. The highest BCUT2D eigenvalue weighted by Crippen LogP contribution is 2.19. The van der Waals surface area contributed by atoms with Crippen LogP contribution in [0.5, 0.6) is 0 Å². The number of piperazine rings is 1. The van der Waals surface area contributed by atoms with E-state index in [0.717, 1.165) is 43.8 Å². The van der Waals surface area contributed by atoms with E-state index in [9.17, 15) is 4.79 Å². The summed E-state index contributed by atoms with van der Waals surface area (Å²) in [4.78, 5) is 17.1. The molecule has 0 atom stereocenters. The molecule has 3 aromatic rings. The molecule has 1 aliphatic rings. The summed E-state index contributed by atoms with van der Waals surface area (Å²) < 4.78 is 0. The monoisotopic (exact) mass is 359 g/mol. The highest BCUT2D eigenvalue weighted by atomic mass is 16.2. The molecule has 0 aromatic heterocycles. The Morgan fingerprint density at radius 3 is 2.22 bits per heavy atom. The molecule has 1 fully saturated rings. The fourth-order valence-electron chi connectivity index (χ4n) is 3.62. The summed E-state index contributed by atoms with van der Waals surface area (Å²) in [6, 6.07) is 24.8. The number of hydrogen-bond acceptors (Lipinski definition) is 3. The molecular formula is C23H25N3O. The van der Waals surface area contributed by atoms with Crippen molar-refractivity contribution < 1.29 is 4.79 Å². The second kappa shape index (κ2) is 8.33. The quantitative estimate of drug-likeness (QED) is 0.756. The number of carbonyl (C=O) groups excluding carboxylic acids is 1. The van der Waals surface area contributed by atoms with E-state index < -0.39 is 0 Å². The second-order valence-corrected chi connectivity index (χ2v) is 7.15. The van der Waals surface area contributed by atoms with Gasteiger partial charge in [-0.1, -0.05) is 60.7 Å². The number of carbonyl (C=O) groups is 1. The zero-order chi connectivity index (χ0) is 18.5. The van der Waals surface area contributed by atoms with Crippen LogP contribution in [-0.4, -0.2) is 48.4 Å². The molecule has 138 valence electrons. The van der Waals surface area contributed by atoms with Gasteiger partial charge in [-0.3, -0.25) is 14.6 Å². The molecule has 1 N–H and O–H groups in total. The lowest BCUT2D eigenvalue weighted by atomic mass is 10.1. The Morgan fingerprint density at radius 2 is 1.44 bits per heavy atom. The zero-order valence-electron chi connectivity index (χ0n) is 15.5. The molecule has 0 aliphatic carbocycles. The maximum atomic E-state index is 12.4.